The van der Waals surface area contributed by atoms with Crippen molar-refractivity contribution in [3.63, 3.8) is 0 Å². The Morgan fingerprint density at radius 1 is 1.28 bits per heavy atom. The van der Waals surface area contributed by atoms with Crippen molar-refractivity contribution in [1.82, 2.24) is 10.2 Å². The predicted molar refractivity (Wildman–Crippen MR) is 72.2 cm³/mol. The van der Waals surface area contributed by atoms with Gasteiger partial charge in [0.25, 0.3) is 0 Å². The van der Waals surface area contributed by atoms with Gasteiger partial charge < -0.3 is 10.4 Å². The van der Waals surface area contributed by atoms with Crippen molar-refractivity contribution < 1.29 is 9.90 Å². The third-order valence-electron chi connectivity index (χ3n) is 2.98. The van der Waals surface area contributed by atoms with Crippen LogP contribution in [0, 0.1) is 0 Å². The van der Waals surface area contributed by atoms with Crippen LogP contribution in [0.15, 0.2) is 30.3 Å². The molecule has 1 atom stereocenters. The monoisotopic (exact) mass is 250 g/mol. The van der Waals surface area contributed by atoms with Gasteiger partial charge in [-0.3, -0.25) is 9.69 Å². The number of benzene rings is 1. The summed E-state index contributed by atoms with van der Waals surface area (Å²) in [6.45, 7) is 6.03. The Bertz CT molecular complexity index is 350. The lowest BCUT2D eigenvalue weighted by atomic mass is 10.1. The van der Waals surface area contributed by atoms with E-state index in [9.17, 15) is 9.90 Å². The van der Waals surface area contributed by atoms with Gasteiger partial charge in [0, 0.05) is 0 Å². The first-order valence-corrected chi connectivity index (χ1v) is 6.38. The highest BCUT2D eigenvalue weighted by molar-refractivity contribution is 5.78. The molecule has 0 aliphatic rings. The Balaban J connectivity index is 2.56. The quantitative estimate of drug-likeness (QED) is 0.764. The van der Waals surface area contributed by atoms with Gasteiger partial charge in [-0.2, -0.15) is 0 Å². The molecule has 0 fully saturated rings. The lowest BCUT2D eigenvalue weighted by Gasteiger charge is -2.21. The first-order chi connectivity index (χ1) is 8.71. The van der Waals surface area contributed by atoms with E-state index in [1.807, 2.05) is 49.1 Å². The number of nitrogens with zero attached hydrogens (tertiary/aromatic N) is 1. The van der Waals surface area contributed by atoms with E-state index < -0.39 is 0 Å². The van der Waals surface area contributed by atoms with Gasteiger partial charge in [-0.15, -0.1) is 0 Å². The zero-order valence-electron chi connectivity index (χ0n) is 11.1. The largest absolute Gasteiger partial charge is 0.394 e. The standard InChI is InChI=1S/C14H22N2O2/c1-3-16(4-2)10-14(18)15-13(11-17)12-8-6-5-7-9-12/h5-9,13,17H,3-4,10-11H2,1-2H3,(H,15,18)/t13-/m1/s1. The minimum atomic E-state index is -0.325. The highest BCUT2D eigenvalue weighted by atomic mass is 16.3. The lowest BCUT2D eigenvalue weighted by molar-refractivity contribution is -0.123. The van der Waals surface area contributed by atoms with Crippen LogP contribution >= 0.6 is 0 Å². The maximum atomic E-state index is 11.8. The number of carbonyl (C=O) groups is 1. The topological polar surface area (TPSA) is 52.6 Å². The highest BCUT2D eigenvalue weighted by Gasteiger charge is 2.14. The van der Waals surface area contributed by atoms with E-state index in [-0.39, 0.29) is 18.6 Å². The molecule has 0 heterocycles. The fraction of sp³-hybridized carbons (Fsp3) is 0.500. The Hall–Kier alpha value is -1.39. The number of rotatable bonds is 7. The number of carbonyl (C=O) groups excluding carboxylic acids is 1. The van der Waals surface area contributed by atoms with Crippen LogP contribution in [0.3, 0.4) is 0 Å². The minimum Gasteiger partial charge on any atom is -0.394 e. The number of hydrogen-bond acceptors (Lipinski definition) is 3. The van der Waals surface area contributed by atoms with Gasteiger partial charge in [-0.25, -0.2) is 0 Å². The summed E-state index contributed by atoms with van der Waals surface area (Å²) in [6, 6.07) is 9.19. The van der Waals surface area contributed by atoms with Gasteiger partial charge in [0.1, 0.15) is 0 Å². The molecule has 0 bridgehead atoms. The molecule has 2 N–H and O–H groups in total. The average Bonchev–Trinajstić information content (AvgIpc) is 2.43. The maximum absolute atomic E-state index is 11.8. The van der Waals surface area contributed by atoms with Crippen molar-refractivity contribution in [1.29, 1.82) is 0 Å². The summed E-state index contributed by atoms with van der Waals surface area (Å²) in [4.78, 5) is 13.9. The molecule has 0 aliphatic carbocycles. The molecule has 1 amide bonds. The van der Waals surface area contributed by atoms with E-state index in [0.29, 0.717) is 6.54 Å². The van der Waals surface area contributed by atoms with Gasteiger partial charge in [0.05, 0.1) is 19.2 Å². The second kappa shape index (κ2) is 7.84. The normalized spacial score (nSPS) is 12.4. The van der Waals surface area contributed by atoms with Crippen LogP contribution in [0.1, 0.15) is 25.5 Å². The van der Waals surface area contributed by atoms with Crippen molar-refractivity contribution in [2.75, 3.05) is 26.2 Å². The summed E-state index contributed by atoms with van der Waals surface area (Å²) < 4.78 is 0. The third-order valence-corrected chi connectivity index (χ3v) is 2.98. The molecule has 100 valence electrons. The van der Waals surface area contributed by atoms with Crippen molar-refractivity contribution in [2.45, 2.75) is 19.9 Å². The van der Waals surface area contributed by atoms with Crippen molar-refractivity contribution >= 4 is 5.91 Å². The molecule has 0 aromatic heterocycles. The van der Waals surface area contributed by atoms with E-state index in [1.54, 1.807) is 0 Å². The molecule has 1 aromatic carbocycles. The molecule has 4 nitrogen and oxygen atoms in total. The summed E-state index contributed by atoms with van der Waals surface area (Å²) in [7, 11) is 0. The molecule has 1 aromatic rings. The molecule has 1 rings (SSSR count). The molecule has 0 spiro atoms. The van der Waals surface area contributed by atoms with Crippen molar-refractivity contribution in [2.24, 2.45) is 0 Å². The molecule has 4 heteroatoms. The van der Waals surface area contributed by atoms with Gasteiger partial charge in [0.2, 0.25) is 5.91 Å². The second-order valence-electron chi connectivity index (χ2n) is 4.17. The van der Waals surface area contributed by atoms with Crippen LogP contribution in [0.5, 0.6) is 0 Å². The Kier molecular flexibility index (Phi) is 6.39. The summed E-state index contributed by atoms with van der Waals surface area (Å²) in [5.41, 5.74) is 0.924. The van der Waals surface area contributed by atoms with E-state index in [4.69, 9.17) is 0 Å². The van der Waals surface area contributed by atoms with Crippen LogP contribution < -0.4 is 5.32 Å². The number of nitrogens with one attached hydrogen (secondary N) is 1. The van der Waals surface area contributed by atoms with Gasteiger partial charge in [-0.05, 0) is 18.7 Å². The molecule has 0 radical (unpaired) electrons. The Morgan fingerprint density at radius 3 is 2.39 bits per heavy atom. The van der Waals surface area contributed by atoms with Crippen LogP contribution in [0.4, 0.5) is 0 Å². The smallest absolute Gasteiger partial charge is 0.234 e. The fourth-order valence-electron chi connectivity index (χ4n) is 1.81. The average molecular weight is 250 g/mol. The molecule has 18 heavy (non-hydrogen) atoms. The van der Waals surface area contributed by atoms with E-state index in [0.717, 1.165) is 18.7 Å². The van der Waals surface area contributed by atoms with Gasteiger partial charge in [0.15, 0.2) is 0 Å². The first-order valence-electron chi connectivity index (χ1n) is 6.38. The first kappa shape index (κ1) is 14.7. The number of aliphatic hydroxyl groups excluding tert-OH is 1. The molecule has 0 saturated carbocycles. The number of aliphatic hydroxyl groups is 1. The van der Waals surface area contributed by atoms with E-state index >= 15 is 0 Å². The maximum Gasteiger partial charge on any atom is 0.234 e. The molecule has 0 aliphatic heterocycles. The molecular weight excluding hydrogens is 228 g/mol. The SMILES string of the molecule is CCN(CC)CC(=O)N[C@H](CO)c1ccccc1. The highest BCUT2D eigenvalue weighted by Crippen LogP contribution is 2.11. The van der Waals surface area contributed by atoms with Gasteiger partial charge >= 0.3 is 0 Å². The summed E-state index contributed by atoms with van der Waals surface area (Å²) >= 11 is 0. The summed E-state index contributed by atoms with van der Waals surface area (Å²) in [6.07, 6.45) is 0. The summed E-state index contributed by atoms with van der Waals surface area (Å²) in [5.74, 6) is -0.0541. The number of likely N-dealkylation sites (N-methyl/N-ethyl adjacent to an activating group) is 1. The van der Waals surface area contributed by atoms with Crippen LogP contribution in [0.25, 0.3) is 0 Å². The molecular formula is C14H22N2O2. The van der Waals surface area contributed by atoms with Crippen LogP contribution in [-0.2, 0) is 4.79 Å². The third kappa shape index (κ3) is 4.47. The fourth-order valence-corrected chi connectivity index (χ4v) is 1.81. The molecule has 0 saturated heterocycles. The predicted octanol–water partition coefficient (Wildman–Crippen LogP) is 1.18. The minimum absolute atomic E-state index is 0.0541. The zero-order chi connectivity index (χ0) is 13.4. The lowest BCUT2D eigenvalue weighted by Crippen LogP contribution is -2.39. The van der Waals surface area contributed by atoms with Crippen molar-refractivity contribution in [3.8, 4) is 0 Å². The number of hydrogen-bond donors (Lipinski definition) is 2. The van der Waals surface area contributed by atoms with Crippen LogP contribution in [0.2, 0.25) is 0 Å². The van der Waals surface area contributed by atoms with E-state index in [2.05, 4.69) is 5.32 Å². The van der Waals surface area contributed by atoms with Crippen LogP contribution in [-0.4, -0.2) is 42.2 Å². The van der Waals surface area contributed by atoms with Crippen molar-refractivity contribution in [3.05, 3.63) is 35.9 Å². The van der Waals surface area contributed by atoms with Gasteiger partial charge in [-0.1, -0.05) is 44.2 Å². The zero-order valence-corrected chi connectivity index (χ0v) is 11.1. The second-order valence-corrected chi connectivity index (χ2v) is 4.17. The Labute approximate surface area is 109 Å². The molecule has 0 unspecified atom stereocenters. The summed E-state index contributed by atoms with van der Waals surface area (Å²) in [5, 5.41) is 12.2. The van der Waals surface area contributed by atoms with E-state index in [1.165, 1.54) is 0 Å². The Morgan fingerprint density at radius 2 is 1.89 bits per heavy atom. The number of amides is 1.